The second-order valence-corrected chi connectivity index (χ2v) is 20.8. The zero-order valence-electron chi connectivity index (χ0n) is 37.7. The Morgan fingerprint density at radius 3 is 1.74 bits per heavy atom. The molecular weight excluding hydrogens is 808 g/mol. The molecule has 5 heteroatoms. The summed E-state index contributed by atoms with van der Waals surface area (Å²) in [5, 5.41) is 2.47. The number of para-hydroxylation sites is 2. The summed E-state index contributed by atoms with van der Waals surface area (Å²) in [5.41, 5.74) is 18.1. The molecule has 3 nitrogen and oxygen atoms in total. The van der Waals surface area contributed by atoms with Crippen LogP contribution in [0.3, 0.4) is 0 Å². The van der Waals surface area contributed by atoms with Crippen LogP contribution in [0.5, 0.6) is 11.5 Å². The Morgan fingerprint density at radius 2 is 1.03 bits per heavy atom. The number of anilines is 5. The lowest BCUT2D eigenvalue weighted by molar-refractivity contribution is 0.455. The Bertz CT molecular complexity index is 3370. The highest BCUT2D eigenvalue weighted by Gasteiger charge is 2.47. The van der Waals surface area contributed by atoms with Gasteiger partial charge in [-0.1, -0.05) is 181 Å². The molecule has 0 amide bonds. The summed E-state index contributed by atoms with van der Waals surface area (Å²) in [5.74, 6) is 1.78. The van der Waals surface area contributed by atoms with Gasteiger partial charge in [0.1, 0.15) is 11.5 Å². The van der Waals surface area contributed by atoms with Crippen molar-refractivity contribution in [2.24, 2.45) is 0 Å². The molecule has 0 fully saturated rings. The van der Waals surface area contributed by atoms with Gasteiger partial charge >= 0.3 is 6.85 Å². The molecule has 0 N–H and O–H groups in total. The van der Waals surface area contributed by atoms with Gasteiger partial charge in [0.25, 0.3) is 0 Å². The van der Waals surface area contributed by atoms with E-state index in [2.05, 4.69) is 239 Å². The maximum absolute atomic E-state index is 6.93. The van der Waals surface area contributed by atoms with Crippen LogP contribution in [0.15, 0.2) is 198 Å². The van der Waals surface area contributed by atoms with Crippen molar-refractivity contribution < 1.29 is 4.74 Å². The van der Waals surface area contributed by atoms with Crippen molar-refractivity contribution in [3.05, 3.63) is 199 Å². The predicted octanol–water partition coefficient (Wildman–Crippen LogP) is 15.7. The zero-order valence-corrected chi connectivity index (χ0v) is 38.5. The normalized spacial score (nSPS) is 13.7. The van der Waals surface area contributed by atoms with Crippen LogP contribution in [0.1, 0.15) is 52.7 Å². The molecule has 9 aromatic rings. The van der Waals surface area contributed by atoms with E-state index in [4.69, 9.17) is 4.74 Å². The van der Waals surface area contributed by atoms with Crippen LogP contribution in [0, 0.1) is 0 Å². The van der Waals surface area contributed by atoms with Gasteiger partial charge in [-0.05, 0) is 121 Å². The number of nitrogens with zero attached hydrogens (tertiary/aromatic N) is 2. The molecule has 0 bridgehead atoms. The van der Waals surface area contributed by atoms with E-state index in [1.807, 2.05) is 0 Å². The summed E-state index contributed by atoms with van der Waals surface area (Å²) >= 11 is 1.79. The molecule has 0 atom stereocenters. The smallest absolute Gasteiger partial charge is 0.333 e. The first kappa shape index (κ1) is 39.6. The highest BCUT2D eigenvalue weighted by Crippen LogP contribution is 2.55. The first-order valence-corrected chi connectivity index (χ1v) is 23.6. The monoisotopic (exact) mass is 856 g/mol. The summed E-state index contributed by atoms with van der Waals surface area (Å²) in [6.07, 6.45) is 0. The number of fused-ring (bicyclic) bond motifs is 8. The minimum Gasteiger partial charge on any atom is -0.455 e. The van der Waals surface area contributed by atoms with E-state index in [-0.39, 0.29) is 17.7 Å². The molecule has 0 aromatic heterocycles. The van der Waals surface area contributed by atoms with Crippen LogP contribution in [-0.2, 0) is 10.8 Å². The van der Waals surface area contributed by atoms with Gasteiger partial charge < -0.3 is 14.4 Å². The first-order chi connectivity index (χ1) is 31.5. The Morgan fingerprint density at radius 1 is 0.446 bits per heavy atom. The van der Waals surface area contributed by atoms with Crippen molar-refractivity contribution in [3.63, 3.8) is 0 Å². The summed E-state index contributed by atoms with van der Waals surface area (Å²) in [6, 6.07) is 69.9. The Kier molecular flexibility index (Phi) is 9.02. The molecule has 0 saturated heterocycles. The minimum absolute atomic E-state index is 0.0398. The molecule has 65 heavy (non-hydrogen) atoms. The fourth-order valence-corrected chi connectivity index (χ4v) is 11.3. The molecule has 0 aliphatic carbocycles. The van der Waals surface area contributed by atoms with Gasteiger partial charge in [-0.15, -0.1) is 0 Å². The van der Waals surface area contributed by atoms with Crippen LogP contribution in [0.2, 0.25) is 0 Å². The maximum Gasteiger partial charge on any atom is 0.333 e. The zero-order chi connectivity index (χ0) is 44.2. The Hall–Kier alpha value is -6.95. The number of benzene rings is 9. The molecule has 0 saturated carbocycles. The lowest BCUT2D eigenvalue weighted by Gasteiger charge is -2.47. The van der Waals surface area contributed by atoms with E-state index in [0.717, 1.165) is 32.7 Å². The molecular formula is C60H49BN2OS. The van der Waals surface area contributed by atoms with Gasteiger partial charge in [0, 0.05) is 39.4 Å². The van der Waals surface area contributed by atoms with Crippen molar-refractivity contribution >= 4 is 68.7 Å². The molecule has 0 spiro atoms. The minimum atomic E-state index is -0.209. The van der Waals surface area contributed by atoms with Crippen molar-refractivity contribution in [2.45, 2.75) is 62.2 Å². The van der Waals surface area contributed by atoms with Crippen LogP contribution >= 0.6 is 11.8 Å². The first-order valence-electron chi connectivity index (χ1n) is 22.8. The van der Waals surface area contributed by atoms with Crippen LogP contribution in [0.25, 0.3) is 44.2 Å². The SMILES string of the molecule is CC(C)(C)c1ccc(N2B3c4cc5c(cc4N(c4ccc(C(C)(C)C)cc4-c4ccccc4)c4cc6ccccc6c(c43)-c3ccccc32)Sc2ccccc2O5)c(-c2ccccc2)c1. The molecule has 0 unspecified atom stereocenters. The molecule has 3 aliphatic heterocycles. The Labute approximate surface area is 387 Å². The van der Waals surface area contributed by atoms with Gasteiger partial charge in [-0.25, -0.2) is 0 Å². The van der Waals surface area contributed by atoms with Gasteiger partial charge in [0.15, 0.2) is 0 Å². The second kappa shape index (κ2) is 14.8. The lowest BCUT2D eigenvalue weighted by atomic mass is 9.43. The van der Waals surface area contributed by atoms with Crippen molar-refractivity contribution in [3.8, 4) is 44.9 Å². The summed E-state index contributed by atoms with van der Waals surface area (Å²) in [7, 11) is 0. The molecule has 3 aliphatic rings. The van der Waals surface area contributed by atoms with Crippen LogP contribution < -0.4 is 25.4 Å². The van der Waals surface area contributed by atoms with Gasteiger partial charge in [-0.3, -0.25) is 0 Å². The molecule has 12 rings (SSSR count). The predicted molar refractivity (Wildman–Crippen MR) is 277 cm³/mol. The van der Waals surface area contributed by atoms with E-state index in [1.54, 1.807) is 11.8 Å². The summed E-state index contributed by atoms with van der Waals surface area (Å²) < 4.78 is 6.93. The van der Waals surface area contributed by atoms with Gasteiger partial charge in [0.2, 0.25) is 0 Å². The van der Waals surface area contributed by atoms with E-state index < -0.39 is 0 Å². The van der Waals surface area contributed by atoms with Gasteiger partial charge in [-0.2, -0.15) is 0 Å². The van der Waals surface area contributed by atoms with Crippen LogP contribution in [0.4, 0.5) is 28.4 Å². The largest absolute Gasteiger partial charge is 0.455 e. The molecule has 9 aromatic carbocycles. The average molecular weight is 857 g/mol. The Balaban J connectivity index is 1.22. The number of ether oxygens (including phenoxy) is 1. The topological polar surface area (TPSA) is 15.7 Å². The van der Waals surface area contributed by atoms with Gasteiger partial charge in [0.05, 0.1) is 15.5 Å². The van der Waals surface area contributed by atoms with E-state index >= 15 is 0 Å². The third-order valence-electron chi connectivity index (χ3n) is 13.6. The van der Waals surface area contributed by atoms with E-state index in [1.165, 1.54) is 83.3 Å². The third kappa shape index (κ3) is 6.43. The fraction of sp³-hybridized carbons (Fsp3) is 0.133. The lowest BCUT2D eigenvalue weighted by Crippen LogP contribution is -2.61. The summed E-state index contributed by atoms with van der Waals surface area (Å²) in [4.78, 5) is 7.46. The maximum atomic E-state index is 6.93. The summed E-state index contributed by atoms with van der Waals surface area (Å²) in [6.45, 7) is 13.6. The van der Waals surface area contributed by atoms with Crippen molar-refractivity contribution in [2.75, 3.05) is 9.71 Å². The quantitative estimate of drug-likeness (QED) is 0.164. The molecule has 3 heterocycles. The molecule has 314 valence electrons. The average Bonchev–Trinajstić information content (AvgIpc) is 3.32. The van der Waals surface area contributed by atoms with Crippen LogP contribution in [-0.4, -0.2) is 6.85 Å². The second-order valence-electron chi connectivity index (χ2n) is 19.7. The number of hydrogen-bond acceptors (Lipinski definition) is 4. The van der Waals surface area contributed by atoms with Crippen molar-refractivity contribution in [1.29, 1.82) is 0 Å². The molecule has 0 radical (unpaired) electrons. The van der Waals surface area contributed by atoms with E-state index in [9.17, 15) is 0 Å². The van der Waals surface area contributed by atoms with E-state index in [0.29, 0.717) is 0 Å². The highest BCUT2D eigenvalue weighted by molar-refractivity contribution is 7.99. The van der Waals surface area contributed by atoms with Crippen molar-refractivity contribution in [1.82, 2.24) is 0 Å². The highest BCUT2D eigenvalue weighted by atomic mass is 32.2. The fourth-order valence-electron chi connectivity index (χ4n) is 10.3. The number of hydrogen-bond donors (Lipinski definition) is 0. The third-order valence-corrected chi connectivity index (χ3v) is 14.7. The number of rotatable bonds is 4. The standard InChI is InChI=1S/C60H49BN2OS/c1-59(2,3)41-29-31-48(45(34-41)38-19-9-7-10-20-38)62-51-37-56-54(64-53-27-17-18-28-55(53)65-56)36-47(51)61-58-52(62)33-40-23-13-14-24-43(40)57(58)44-25-15-16-26-49(44)63(61)50-32-30-42(60(4,5)6)35-46(50)39-21-11-8-12-22-39/h7-37H,1-6H3.